The topological polar surface area (TPSA) is 61.4 Å². The predicted octanol–water partition coefficient (Wildman–Crippen LogP) is 3.92. The lowest BCUT2D eigenvalue weighted by Crippen LogP contribution is -2.37. The van der Waals surface area contributed by atoms with Crippen molar-refractivity contribution in [2.45, 2.75) is 63.3 Å². The van der Waals surface area contributed by atoms with E-state index in [1.807, 2.05) is 12.1 Å². The van der Waals surface area contributed by atoms with Crippen LogP contribution in [0.2, 0.25) is 0 Å². The molecule has 1 aliphatic heterocycles. The number of nitrogens with zero attached hydrogens (tertiary/aromatic N) is 1. The smallest absolute Gasteiger partial charge is 0.253 e. The van der Waals surface area contributed by atoms with Gasteiger partial charge in [-0.3, -0.25) is 9.59 Å². The zero-order chi connectivity index (χ0) is 18.5. The van der Waals surface area contributed by atoms with Crippen LogP contribution in [0.4, 0.5) is 11.4 Å². The second kappa shape index (κ2) is 8.76. The number of alkyl halides is 1. The lowest BCUT2D eigenvalue weighted by Gasteiger charge is -2.26. The minimum absolute atomic E-state index is 0.0474. The van der Waals surface area contributed by atoms with Gasteiger partial charge in [-0.25, -0.2) is 0 Å². The first-order valence-electron chi connectivity index (χ1n) is 9.69. The van der Waals surface area contributed by atoms with Crippen LogP contribution < -0.4 is 15.5 Å². The van der Waals surface area contributed by atoms with E-state index in [0.717, 1.165) is 44.5 Å². The first-order chi connectivity index (χ1) is 12.5. The number of benzene rings is 1. The summed E-state index contributed by atoms with van der Waals surface area (Å²) >= 11 is 5.84. The van der Waals surface area contributed by atoms with E-state index in [4.69, 9.17) is 11.6 Å². The van der Waals surface area contributed by atoms with Gasteiger partial charge in [0.1, 0.15) is 5.38 Å². The van der Waals surface area contributed by atoms with Gasteiger partial charge >= 0.3 is 0 Å². The molecule has 2 amide bonds. The van der Waals surface area contributed by atoms with Crippen LogP contribution in [-0.2, 0) is 4.79 Å². The van der Waals surface area contributed by atoms with Crippen LogP contribution in [0.5, 0.6) is 0 Å². The van der Waals surface area contributed by atoms with Gasteiger partial charge < -0.3 is 15.5 Å². The highest BCUT2D eigenvalue weighted by Crippen LogP contribution is 2.28. The number of nitrogens with one attached hydrogen (secondary N) is 2. The van der Waals surface area contributed by atoms with E-state index in [1.165, 1.54) is 19.3 Å². The number of carbonyl (C=O) groups is 2. The van der Waals surface area contributed by atoms with Crippen molar-refractivity contribution in [3.8, 4) is 0 Å². The molecule has 0 aromatic heterocycles. The highest BCUT2D eigenvalue weighted by atomic mass is 35.5. The summed E-state index contributed by atoms with van der Waals surface area (Å²) in [6, 6.07) is 5.82. The highest BCUT2D eigenvalue weighted by molar-refractivity contribution is 6.32. The maximum Gasteiger partial charge on any atom is 0.253 e. The largest absolute Gasteiger partial charge is 0.371 e. The van der Waals surface area contributed by atoms with Crippen LogP contribution in [0.1, 0.15) is 62.2 Å². The van der Waals surface area contributed by atoms with Crippen molar-refractivity contribution >= 4 is 34.8 Å². The molecule has 1 atom stereocenters. The molecule has 2 fully saturated rings. The van der Waals surface area contributed by atoms with Gasteiger partial charge in [0.15, 0.2) is 0 Å². The van der Waals surface area contributed by atoms with Crippen molar-refractivity contribution in [3.63, 3.8) is 0 Å². The third-order valence-electron chi connectivity index (χ3n) is 5.26. The van der Waals surface area contributed by atoms with E-state index in [9.17, 15) is 9.59 Å². The van der Waals surface area contributed by atoms with E-state index >= 15 is 0 Å². The standard InChI is InChI=1S/C20H28ClN3O2/c1-14(21)19(25)23-16-9-10-18(24-11-5-6-12-24)17(13-16)20(26)22-15-7-3-2-4-8-15/h9-10,13-15H,2-8,11-12H2,1H3,(H,22,26)(H,23,25)/t14-/m1/s1. The lowest BCUT2D eigenvalue weighted by molar-refractivity contribution is -0.115. The Bertz CT molecular complexity index is 650. The van der Waals surface area contributed by atoms with Gasteiger partial charge in [-0.15, -0.1) is 11.6 Å². The molecule has 142 valence electrons. The van der Waals surface area contributed by atoms with E-state index < -0.39 is 5.38 Å². The molecule has 1 heterocycles. The Kier molecular flexibility index (Phi) is 6.41. The van der Waals surface area contributed by atoms with Crippen LogP contribution in [0.15, 0.2) is 18.2 Å². The third-order valence-corrected chi connectivity index (χ3v) is 5.46. The average molecular weight is 378 g/mol. The molecule has 3 rings (SSSR count). The number of carbonyl (C=O) groups excluding carboxylic acids is 2. The second-order valence-electron chi connectivity index (χ2n) is 7.34. The minimum Gasteiger partial charge on any atom is -0.371 e. The van der Waals surface area contributed by atoms with Crippen molar-refractivity contribution in [3.05, 3.63) is 23.8 Å². The average Bonchev–Trinajstić information content (AvgIpc) is 3.17. The summed E-state index contributed by atoms with van der Waals surface area (Å²) in [5.74, 6) is -0.312. The fourth-order valence-electron chi connectivity index (χ4n) is 3.78. The molecule has 1 saturated carbocycles. The Morgan fingerprint density at radius 1 is 1.12 bits per heavy atom. The van der Waals surface area contributed by atoms with Crippen LogP contribution in [-0.4, -0.2) is 36.3 Å². The molecule has 0 unspecified atom stereocenters. The highest BCUT2D eigenvalue weighted by Gasteiger charge is 2.23. The summed E-state index contributed by atoms with van der Waals surface area (Å²) in [5, 5.41) is 5.37. The molecule has 26 heavy (non-hydrogen) atoms. The molecule has 2 aliphatic rings. The number of hydrogen-bond donors (Lipinski definition) is 2. The van der Waals surface area contributed by atoms with E-state index in [0.29, 0.717) is 11.3 Å². The molecule has 5 nitrogen and oxygen atoms in total. The Labute approximate surface area is 160 Å². The molecule has 0 radical (unpaired) electrons. The van der Waals surface area contributed by atoms with Crippen molar-refractivity contribution < 1.29 is 9.59 Å². The molecule has 6 heteroatoms. The van der Waals surface area contributed by atoms with Crippen LogP contribution >= 0.6 is 11.6 Å². The molecule has 1 aliphatic carbocycles. The molecule has 1 aromatic carbocycles. The summed E-state index contributed by atoms with van der Waals surface area (Å²) in [7, 11) is 0. The van der Waals surface area contributed by atoms with Crippen LogP contribution in [0.25, 0.3) is 0 Å². The molecule has 1 aromatic rings. The van der Waals surface area contributed by atoms with Gasteiger partial charge in [-0.1, -0.05) is 19.3 Å². The van der Waals surface area contributed by atoms with Gasteiger partial charge in [0.25, 0.3) is 5.91 Å². The van der Waals surface area contributed by atoms with Crippen molar-refractivity contribution in [2.75, 3.05) is 23.3 Å². The quantitative estimate of drug-likeness (QED) is 0.764. The van der Waals surface area contributed by atoms with Gasteiger partial charge in [0.2, 0.25) is 5.91 Å². The predicted molar refractivity (Wildman–Crippen MR) is 106 cm³/mol. The summed E-state index contributed by atoms with van der Waals surface area (Å²) in [5.41, 5.74) is 2.20. The first-order valence-corrected chi connectivity index (χ1v) is 10.1. The monoisotopic (exact) mass is 377 g/mol. The van der Waals surface area contributed by atoms with Crippen LogP contribution in [0, 0.1) is 0 Å². The van der Waals surface area contributed by atoms with Crippen molar-refractivity contribution in [1.82, 2.24) is 5.32 Å². The molecule has 2 N–H and O–H groups in total. The first kappa shape index (κ1) is 19.0. The zero-order valence-corrected chi connectivity index (χ0v) is 16.1. The normalized spacial score (nSPS) is 19.2. The van der Waals surface area contributed by atoms with Gasteiger partial charge in [0.05, 0.1) is 5.56 Å². The molecule has 0 spiro atoms. The van der Waals surface area contributed by atoms with Gasteiger partial charge in [-0.05, 0) is 50.8 Å². The Morgan fingerprint density at radius 2 is 1.81 bits per heavy atom. The second-order valence-corrected chi connectivity index (χ2v) is 7.99. The summed E-state index contributed by atoms with van der Waals surface area (Å²) in [6.07, 6.45) is 7.98. The van der Waals surface area contributed by atoms with Gasteiger partial charge in [-0.2, -0.15) is 0 Å². The summed E-state index contributed by atoms with van der Waals surface area (Å²) < 4.78 is 0. The minimum atomic E-state index is -0.618. The number of anilines is 2. The summed E-state index contributed by atoms with van der Waals surface area (Å²) in [4.78, 5) is 27.1. The Morgan fingerprint density at radius 3 is 2.46 bits per heavy atom. The Balaban J connectivity index is 1.82. The molecular weight excluding hydrogens is 350 g/mol. The summed E-state index contributed by atoms with van der Waals surface area (Å²) in [6.45, 7) is 3.56. The van der Waals surface area contributed by atoms with Crippen molar-refractivity contribution in [1.29, 1.82) is 0 Å². The maximum atomic E-state index is 13.0. The lowest BCUT2D eigenvalue weighted by atomic mass is 9.95. The number of hydrogen-bond acceptors (Lipinski definition) is 3. The van der Waals surface area contributed by atoms with E-state index in [1.54, 1.807) is 13.0 Å². The van der Waals surface area contributed by atoms with Gasteiger partial charge in [0, 0.05) is 30.5 Å². The Hall–Kier alpha value is -1.75. The number of rotatable bonds is 5. The molecular formula is C20H28ClN3O2. The molecule has 1 saturated heterocycles. The number of amides is 2. The SMILES string of the molecule is C[C@@H](Cl)C(=O)Nc1ccc(N2CCCC2)c(C(=O)NC2CCCCC2)c1. The number of halogens is 1. The zero-order valence-electron chi connectivity index (χ0n) is 15.4. The van der Waals surface area contributed by atoms with Crippen LogP contribution in [0.3, 0.4) is 0 Å². The van der Waals surface area contributed by atoms with E-state index in [2.05, 4.69) is 15.5 Å². The molecule has 0 bridgehead atoms. The van der Waals surface area contributed by atoms with Crippen molar-refractivity contribution in [2.24, 2.45) is 0 Å². The third kappa shape index (κ3) is 4.70. The maximum absolute atomic E-state index is 13.0. The fraction of sp³-hybridized carbons (Fsp3) is 0.600. The fourth-order valence-corrected chi connectivity index (χ4v) is 3.84. The van der Waals surface area contributed by atoms with E-state index in [-0.39, 0.29) is 17.9 Å².